The number of aryl methyl sites for hydroxylation is 2. The van der Waals surface area contributed by atoms with E-state index in [1.165, 1.54) is 11.8 Å². The van der Waals surface area contributed by atoms with Crippen LogP contribution in [0.5, 0.6) is 0 Å². The molecule has 1 heterocycles. The first kappa shape index (κ1) is 17.8. The molecule has 0 bridgehead atoms. The third-order valence-corrected chi connectivity index (χ3v) is 4.83. The molecule has 0 fully saturated rings. The van der Waals surface area contributed by atoms with E-state index in [2.05, 4.69) is 31.3 Å². The minimum atomic E-state index is -4.63. The molecular formula is C13H12BrF3N4OS. The number of hydrogen-bond donors (Lipinski definition) is 2. The van der Waals surface area contributed by atoms with Crippen molar-refractivity contribution in [2.75, 3.05) is 11.1 Å². The van der Waals surface area contributed by atoms with Crippen LogP contribution in [0.25, 0.3) is 0 Å². The number of H-pyrrole nitrogens is 1. The summed E-state index contributed by atoms with van der Waals surface area (Å²) in [4.78, 5) is 15.9. The number of benzene rings is 1. The van der Waals surface area contributed by atoms with Crippen molar-refractivity contribution in [1.29, 1.82) is 0 Å². The third-order valence-electron chi connectivity index (χ3n) is 2.82. The zero-order valence-corrected chi connectivity index (χ0v) is 14.5. The average molecular weight is 409 g/mol. The highest BCUT2D eigenvalue weighted by Gasteiger charge is 2.35. The highest BCUT2D eigenvalue weighted by Crippen LogP contribution is 2.29. The molecule has 10 heteroatoms. The molecule has 0 aliphatic carbocycles. The molecule has 124 valence electrons. The number of nitrogens with zero attached hydrogens (tertiary/aromatic N) is 2. The van der Waals surface area contributed by atoms with Crippen LogP contribution >= 0.6 is 27.7 Å². The molecule has 2 N–H and O–H groups in total. The molecule has 0 atom stereocenters. The van der Waals surface area contributed by atoms with E-state index in [1.807, 2.05) is 26.0 Å². The van der Waals surface area contributed by atoms with Crippen molar-refractivity contribution >= 4 is 39.5 Å². The van der Waals surface area contributed by atoms with Crippen molar-refractivity contribution in [3.63, 3.8) is 0 Å². The molecule has 0 unspecified atom stereocenters. The molecular weight excluding hydrogens is 397 g/mol. The molecule has 1 aromatic heterocycles. The molecule has 1 amide bonds. The van der Waals surface area contributed by atoms with Gasteiger partial charge in [-0.15, -0.1) is 16.9 Å². The number of nitrogens with one attached hydrogen (secondary N) is 2. The first-order valence-electron chi connectivity index (χ1n) is 6.36. The maximum absolute atomic E-state index is 12.4. The highest BCUT2D eigenvalue weighted by atomic mass is 79.9. The minimum absolute atomic E-state index is 0.0395. The van der Waals surface area contributed by atoms with E-state index in [0.717, 1.165) is 20.5 Å². The Labute approximate surface area is 142 Å². The zero-order valence-electron chi connectivity index (χ0n) is 12.1. The SMILES string of the molecule is Cc1cc(SCC(=O)Nc2n[nH]c(C(F)(F)F)n2)c(C)cc1Br. The van der Waals surface area contributed by atoms with Gasteiger partial charge < -0.3 is 0 Å². The van der Waals surface area contributed by atoms with E-state index < -0.39 is 23.9 Å². The number of rotatable bonds is 4. The van der Waals surface area contributed by atoms with Crippen LogP contribution in [0.3, 0.4) is 0 Å². The van der Waals surface area contributed by atoms with Gasteiger partial charge in [0.05, 0.1) is 5.75 Å². The lowest BCUT2D eigenvalue weighted by Crippen LogP contribution is -2.15. The predicted molar refractivity (Wildman–Crippen MR) is 84.4 cm³/mol. The van der Waals surface area contributed by atoms with Crippen molar-refractivity contribution in [2.24, 2.45) is 0 Å². The van der Waals surface area contributed by atoms with Crippen molar-refractivity contribution in [2.45, 2.75) is 24.9 Å². The summed E-state index contributed by atoms with van der Waals surface area (Å²) in [5.41, 5.74) is 2.03. The Kier molecular flexibility index (Phi) is 5.35. The van der Waals surface area contributed by atoms with Crippen LogP contribution in [0.15, 0.2) is 21.5 Å². The maximum Gasteiger partial charge on any atom is 0.451 e. The van der Waals surface area contributed by atoms with Gasteiger partial charge in [0.25, 0.3) is 0 Å². The van der Waals surface area contributed by atoms with Crippen LogP contribution in [0.2, 0.25) is 0 Å². The molecule has 2 rings (SSSR count). The van der Waals surface area contributed by atoms with Gasteiger partial charge in [0.2, 0.25) is 17.7 Å². The number of aromatic amines is 1. The van der Waals surface area contributed by atoms with E-state index in [9.17, 15) is 18.0 Å². The molecule has 5 nitrogen and oxygen atoms in total. The van der Waals surface area contributed by atoms with Gasteiger partial charge in [-0.25, -0.2) is 0 Å². The summed E-state index contributed by atoms with van der Waals surface area (Å²) < 4.78 is 38.1. The molecule has 0 radical (unpaired) electrons. The lowest BCUT2D eigenvalue weighted by atomic mass is 10.2. The number of alkyl halides is 3. The molecule has 0 saturated heterocycles. The second-order valence-corrected chi connectivity index (χ2v) is 6.58. The summed E-state index contributed by atoms with van der Waals surface area (Å²) in [7, 11) is 0. The summed E-state index contributed by atoms with van der Waals surface area (Å²) in [6.07, 6.45) is -4.63. The molecule has 23 heavy (non-hydrogen) atoms. The van der Waals surface area contributed by atoms with Crippen LogP contribution in [-0.2, 0) is 11.0 Å². The van der Waals surface area contributed by atoms with E-state index in [-0.39, 0.29) is 5.75 Å². The summed E-state index contributed by atoms with van der Waals surface area (Å²) in [5.74, 6) is -2.09. The fraction of sp³-hybridized carbons (Fsp3) is 0.308. The van der Waals surface area contributed by atoms with Crippen molar-refractivity contribution in [3.05, 3.63) is 33.6 Å². The fourth-order valence-electron chi connectivity index (χ4n) is 1.66. The number of carbonyl (C=O) groups is 1. The number of anilines is 1. The van der Waals surface area contributed by atoms with Crippen LogP contribution in [0.1, 0.15) is 17.0 Å². The Hall–Kier alpha value is -1.55. The van der Waals surface area contributed by atoms with Crippen LogP contribution in [-0.4, -0.2) is 26.8 Å². The van der Waals surface area contributed by atoms with Gasteiger partial charge >= 0.3 is 6.18 Å². The van der Waals surface area contributed by atoms with E-state index >= 15 is 0 Å². The Morgan fingerprint density at radius 3 is 2.65 bits per heavy atom. The van der Waals surface area contributed by atoms with Crippen molar-refractivity contribution < 1.29 is 18.0 Å². The van der Waals surface area contributed by atoms with Crippen molar-refractivity contribution in [1.82, 2.24) is 15.2 Å². The smallest absolute Gasteiger partial charge is 0.292 e. The van der Waals surface area contributed by atoms with Crippen LogP contribution in [0.4, 0.5) is 19.1 Å². The number of halogens is 4. The third kappa shape index (κ3) is 4.71. The first-order valence-corrected chi connectivity index (χ1v) is 8.13. The topological polar surface area (TPSA) is 70.7 Å². The van der Waals surface area contributed by atoms with Gasteiger partial charge in [-0.05, 0) is 37.1 Å². The molecule has 0 saturated carbocycles. The largest absolute Gasteiger partial charge is 0.451 e. The summed E-state index contributed by atoms with van der Waals surface area (Å²) >= 11 is 4.71. The number of aromatic nitrogens is 3. The van der Waals surface area contributed by atoms with Gasteiger partial charge in [0.1, 0.15) is 0 Å². The van der Waals surface area contributed by atoms with Crippen LogP contribution < -0.4 is 5.32 Å². The molecule has 0 aliphatic rings. The van der Waals surface area contributed by atoms with Gasteiger partial charge in [0.15, 0.2) is 0 Å². The summed E-state index contributed by atoms with van der Waals surface area (Å²) in [5, 5.41) is 7.28. The summed E-state index contributed by atoms with van der Waals surface area (Å²) in [6.45, 7) is 3.84. The quantitative estimate of drug-likeness (QED) is 0.751. The molecule has 1 aromatic carbocycles. The maximum atomic E-state index is 12.4. The lowest BCUT2D eigenvalue weighted by molar-refractivity contribution is -0.144. The Bertz CT molecular complexity index is 732. The molecule has 0 aliphatic heterocycles. The Morgan fingerprint density at radius 2 is 2.04 bits per heavy atom. The van der Waals surface area contributed by atoms with E-state index in [1.54, 1.807) is 5.10 Å². The lowest BCUT2D eigenvalue weighted by Gasteiger charge is -2.08. The van der Waals surface area contributed by atoms with E-state index in [4.69, 9.17) is 0 Å². The van der Waals surface area contributed by atoms with Crippen molar-refractivity contribution in [3.8, 4) is 0 Å². The highest BCUT2D eigenvalue weighted by molar-refractivity contribution is 9.10. The molecule has 0 spiro atoms. The van der Waals surface area contributed by atoms with Gasteiger partial charge in [0, 0.05) is 9.37 Å². The Balaban J connectivity index is 1.96. The van der Waals surface area contributed by atoms with Crippen LogP contribution in [0, 0.1) is 13.8 Å². The monoisotopic (exact) mass is 408 g/mol. The zero-order chi connectivity index (χ0) is 17.2. The Morgan fingerprint density at radius 1 is 1.35 bits per heavy atom. The fourth-order valence-corrected chi connectivity index (χ4v) is 3.02. The summed E-state index contributed by atoms with van der Waals surface area (Å²) in [6, 6.07) is 3.88. The second-order valence-electron chi connectivity index (χ2n) is 4.71. The normalized spacial score (nSPS) is 11.6. The average Bonchev–Trinajstić information content (AvgIpc) is 2.90. The number of thioether (sulfide) groups is 1. The van der Waals surface area contributed by atoms with E-state index in [0.29, 0.717) is 0 Å². The van der Waals surface area contributed by atoms with Gasteiger partial charge in [-0.3, -0.25) is 15.2 Å². The van der Waals surface area contributed by atoms with Gasteiger partial charge in [-0.2, -0.15) is 18.2 Å². The second kappa shape index (κ2) is 6.91. The minimum Gasteiger partial charge on any atom is -0.292 e. The molecule has 2 aromatic rings. The first-order chi connectivity index (χ1) is 10.7. The number of amides is 1. The predicted octanol–water partition coefficient (Wildman–Crippen LogP) is 3.93. The number of carbonyl (C=O) groups excluding carboxylic acids is 1. The number of hydrogen-bond acceptors (Lipinski definition) is 4. The van der Waals surface area contributed by atoms with Gasteiger partial charge in [-0.1, -0.05) is 15.9 Å². The standard InChI is InChI=1S/C13H12BrF3N4OS/c1-6-4-9(7(2)3-8(6)14)23-5-10(22)18-12-19-11(20-21-12)13(15,16)17/h3-4H,5H2,1-2H3,(H2,18,19,20,21,22).